The first-order valence-corrected chi connectivity index (χ1v) is 2.83. The van der Waals surface area contributed by atoms with Gasteiger partial charge in [-0.1, -0.05) is 11.8 Å². The van der Waals surface area contributed by atoms with Crippen molar-refractivity contribution in [3.63, 3.8) is 0 Å². The van der Waals surface area contributed by atoms with Crippen LogP contribution in [0.2, 0.25) is 0 Å². The molecule has 0 atom stereocenters. The Labute approximate surface area is 40.4 Å². The number of hydrogen-bond acceptors (Lipinski definition) is 2. The summed E-state index contributed by atoms with van der Waals surface area (Å²) in [5.41, 5.74) is 1.60. The minimum absolute atomic E-state index is 0.671. The molecule has 0 radical (unpaired) electrons. The van der Waals surface area contributed by atoms with Crippen LogP contribution in [0.4, 0.5) is 0 Å². The van der Waals surface area contributed by atoms with Crippen molar-refractivity contribution >= 4 is 17.3 Å². The van der Waals surface area contributed by atoms with E-state index in [0.717, 1.165) is 10.5 Å². The molecule has 0 N–H and O–H groups in total. The summed E-state index contributed by atoms with van der Waals surface area (Å²) in [5, 5.41) is 10.1. The standard InChI is InChI=1S/C3H5NOS/c5-4-1-2-6-3-4/h3H,1-2H2. The van der Waals surface area contributed by atoms with Gasteiger partial charge in [0.2, 0.25) is 5.55 Å². The molecule has 1 aliphatic rings. The van der Waals surface area contributed by atoms with E-state index in [4.69, 9.17) is 0 Å². The van der Waals surface area contributed by atoms with Gasteiger partial charge in [0.05, 0.1) is 5.75 Å². The Kier molecular flexibility index (Phi) is 1.01. The van der Waals surface area contributed by atoms with Crippen molar-refractivity contribution in [2.45, 2.75) is 0 Å². The summed E-state index contributed by atoms with van der Waals surface area (Å²) >= 11 is 1.57. The van der Waals surface area contributed by atoms with Crippen molar-refractivity contribution in [2.75, 3.05) is 12.3 Å². The van der Waals surface area contributed by atoms with Gasteiger partial charge in [-0.05, 0) is 0 Å². The minimum Gasteiger partial charge on any atom is -0.623 e. The summed E-state index contributed by atoms with van der Waals surface area (Å²) in [6.07, 6.45) is 0. The van der Waals surface area contributed by atoms with Gasteiger partial charge in [0.25, 0.3) is 0 Å². The SMILES string of the molecule is [O-][N+]1=CSCC1. The smallest absolute Gasteiger partial charge is 0.209 e. The van der Waals surface area contributed by atoms with E-state index in [-0.39, 0.29) is 0 Å². The molecule has 34 valence electrons. The fourth-order valence-corrected chi connectivity index (χ4v) is 0.994. The van der Waals surface area contributed by atoms with Gasteiger partial charge in [-0.3, -0.25) is 0 Å². The number of thioether (sulfide) groups is 1. The van der Waals surface area contributed by atoms with Crippen LogP contribution in [0, 0.1) is 5.21 Å². The largest absolute Gasteiger partial charge is 0.623 e. The topological polar surface area (TPSA) is 26.1 Å². The van der Waals surface area contributed by atoms with Gasteiger partial charge in [0.1, 0.15) is 0 Å². The van der Waals surface area contributed by atoms with Crippen LogP contribution in [-0.4, -0.2) is 22.6 Å². The number of hydroxylamine groups is 1. The lowest BCUT2D eigenvalue weighted by atomic mass is 10.8. The zero-order valence-corrected chi connectivity index (χ0v) is 4.07. The lowest BCUT2D eigenvalue weighted by Crippen LogP contribution is -1.97. The molecular formula is C3H5NOS. The summed E-state index contributed by atoms with van der Waals surface area (Å²) < 4.78 is 0.949. The van der Waals surface area contributed by atoms with E-state index >= 15 is 0 Å². The summed E-state index contributed by atoms with van der Waals surface area (Å²) in [6, 6.07) is 0. The van der Waals surface area contributed by atoms with Gasteiger partial charge >= 0.3 is 0 Å². The van der Waals surface area contributed by atoms with Crippen molar-refractivity contribution in [3.05, 3.63) is 5.21 Å². The zero-order valence-electron chi connectivity index (χ0n) is 3.26. The van der Waals surface area contributed by atoms with Crippen LogP contribution < -0.4 is 0 Å². The molecular weight excluding hydrogens is 98.1 g/mol. The van der Waals surface area contributed by atoms with Crippen molar-refractivity contribution in [1.29, 1.82) is 0 Å². The quantitative estimate of drug-likeness (QED) is 0.325. The molecule has 0 aliphatic carbocycles. The Hall–Kier alpha value is -0.180. The number of hydrogen-bond donors (Lipinski definition) is 0. The third-order valence-electron chi connectivity index (χ3n) is 0.622. The molecule has 1 heterocycles. The highest BCUT2D eigenvalue weighted by atomic mass is 32.2. The van der Waals surface area contributed by atoms with E-state index < -0.39 is 0 Å². The van der Waals surface area contributed by atoms with Crippen LogP contribution in [-0.2, 0) is 0 Å². The molecule has 0 unspecified atom stereocenters. The van der Waals surface area contributed by atoms with Crippen molar-refractivity contribution in [3.8, 4) is 0 Å². The van der Waals surface area contributed by atoms with Crippen molar-refractivity contribution in [2.24, 2.45) is 0 Å². The minimum atomic E-state index is 0.671. The van der Waals surface area contributed by atoms with Crippen LogP contribution in [0.25, 0.3) is 0 Å². The zero-order chi connectivity index (χ0) is 4.41. The number of rotatable bonds is 0. The Bertz CT molecular complexity index is 80.9. The summed E-state index contributed by atoms with van der Waals surface area (Å²) in [6.45, 7) is 0.671. The normalized spacial score (nSPS) is 21.0. The third kappa shape index (κ3) is 0.653. The maximum Gasteiger partial charge on any atom is 0.209 e. The first-order chi connectivity index (χ1) is 2.89. The molecule has 0 spiro atoms. The lowest BCUT2D eigenvalue weighted by Gasteiger charge is -1.89. The van der Waals surface area contributed by atoms with Gasteiger partial charge in [-0.2, -0.15) is 0 Å². The van der Waals surface area contributed by atoms with Gasteiger partial charge < -0.3 is 5.21 Å². The second-order valence-electron chi connectivity index (χ2n) is 1.12. The van der Waals surface area contributed by atoms with E-state index in [1.54, 1.807) is 17.3 Å². The lowest BCUT2D eigenvalue weighted by molar-refractivity contribution is -0.441. The summed E-state index contributed by atoms with van der Waals surface area (Å²) in [5.74, 6) is 0.962. The van der Waals surface area contributed by atoms with Crippen molar-refractivity contribution < 1.29 is 4.74 Å². The van der Waals surface area contributed by atoms with Gasteiger partial charge in [0, 0.05) is 0 Å². The van der Waals surface area contributed by atoms with Crippen LogP contribution in [0.15, 0.2) is 0 Å². The molecule has 2 nitrogen and oxygen atoms in total. The van der Waals surface area contributed by atoms with Crippen molar-refractivity contribution in [1.82, 2.24) is 0 Å². The van der Waals surface area contributed by atoms with Crippen LogP contribution >= 0.6 is 11.8 Å². The van der Waals surface area contributed by atoms with E-state index in [1.165, 1.54) is 0 Å². The fourth-order valence-electron chi connectivity index (χ4n) is 0.331. The first-order valence-electron chi connectivity index (χ1n) is 1.78. The van der Waals surface area contributed by atoms with Crippen LogP contribution in [0.5, 0.6) is 0 Å². The van der Waals surface area contributed by atoms with Crippen LogP contribution in [0.1, 0.15) is 0 Å². The Balaban J connectivity index is 2.45. The second kappa shape index (κ2) is 1.51. The highest BCUT2D eigenvalue weighted by molar-refractivity contribution is 8.12. The molecule has 0 fully saturated rings. The second-order valence-corrected chi connectivity index (χ2v) is 2.07. The average Bonchev–Trinajstić information content (AvgIpc) is 1.86. The predicted octanol–water partition coefficient (Wildman–Crippen LogP) is 0.272. The molecule has 0 aromatic carbocycles. The van der Waals surface area contributed by atoms with Gasteiger partial charge in [-0.25, -0.2) is 4.74 Å². The Morgan fingerprint density at radius 2 is 2.67 bits per heavy atom. The monoisotopic (exact) mass is 103 g/mol. The molecule has 0 saturated heterocycles. The molecule has 0 aromatic rings. The molecule has 6 heavy (non-hydrogen) atoms. The molecule has 0 amide bonds. The summed E-state index contributed by atoms with van der Waals surface area (Å²) in [7, 11) is 0. The highest BCUT2D eigenvalue weighted by Gasteiger charge is 2.00. The molecule has 0 aromatic heterocycles. The molecule has 1 aliphatic heterocycles. The van der Waals surface area contributed by atoms with Gasteiger partial charge in [-0.15, -0.1) is 0 Å². The molecule has 1 rings (SSSR count). The van der Waals surface area contributed by atoms with E-state index in [9.17, 15) is 5.21 Å². The van der Waals surface area contributed by atoms with Gasteiger partial charge in [0.15, 0.2) is 6.54 Å². The Morgan fingerprint density at radius 1 is 1.83 bits per heavy atom. The molecule has 0 bridgehead atoms. The highest BCUT2D eigenvalue weighted by Crippen LogP contribution is 1.99. The maximum absolute atomic E-state index is 10.1. The average molecular weight is 103 g/mol. The van der Waals surface area contributed by atoms with Crippen LogP contribution in [0.3, 0.4) is 0 Å². The fraction of sp³-hybridized carbons (Fsp3) is 0.667. The van der Waals surface area contributed by atoms with E-state index in [2.05, 4.69) is 0 Å². The third-order valence-corrected chi connectivity index (χ3v) is 1.42. The maximum atomic E-state index is 10.1. The molecule has 0 saturated carbocycles. The molecule has 3 heteroatoms. The first kappa shape index (κ1) is 3.99. The predicted molar refractivity (Wildman–Crippen MR) is 27.0 cm³/mol. The summed E-state index contributed by atoms with van der Waals surface area (Å²) in [4.78, 5) is 0. The number of nitrogens with zero attached hydrogens (tertiary/aromatic N) is 1. The van der Waals surface area contributed by atoms with E-state index in [1.807, 2.05) is 0 Å². The Morgan fingerprint density at radius 3 is 2.83 bits per heavy atom. The van der Waals surface area contributed by atoms with E-state index in [0.29, 0.717) is 6.54 Å².